The average Bonchev–Trinajstić information content (AvgIpc) is 3.33. The summed E-state index contributed by atoms with van der Waals surface area (Å²) in [6, 6.07) is 15.5. The Bertz CT molecular complexity index is 2780. The Morgan fingerprint density at radius 3 is 1.09 bits per heavy atom. The smallest absolute Gasteiger partial charge is 0.392 e. The van der Waals surface area contributed by atoms with Gasteiger partial charge in [-0.3, -0.25) is 4.79 Å². The molecule has 0 radical (unpaired) electrons. The third kappa shape index (κ3) is 8.16. The van der Waals surface area contributed by atoms with Crippen LogP contribution in [0.1, 0.15) is 10.4 Å². The van der Waals surface area contributed by atoms with Crippen LogP contribution in [0.2, 0.25) is 0 Å². The summed E-state index contributed by atoms with van der Waals surface area (Å²) in [4.78, 5) is 16.4. The lowest BCUT2D eigenvalue weighted by atomic mass is 9.12. The molecule has 0 unspecified atom stereocenters. The fourth-order valence-corrected chi connectivity index (χ4v) is 6.97. The van der Waals surface area contributed by atoms with Crippen LogP contribution in [-0.4, -0.2) is 22.0 Å². The lowest BCUT2D eigenvalue weighted by Crippen LogP contribution is -2.81. The molecule has 0 aliphatic rings. The Labute approximate surface area is 364 Å². The van der Waals surface area contributed by atoms with Crippen LogP contribution in [0.3, 0.4) is 0 Å². The topological polar surface area (TPSA) is 63.3 Å². The molecule has 0 bridgehead atoms. The molecule has 0 spiro atoms. The number of hydrogen-bond donors (Lipinski definition) is 1. The third-order valence-electron chi connectivity index (χ3n) is 9.98. The van der Waals surface area contributed by atoms with Crippen molar-refractivity contribution in [3.8, 4) is 17.4 Å². The summed E-state index contributed by atoms with van der Waals surface area (Å²) in [5.41, 5.74) is -13.7. The molecule has 354 valence electrons. The van der Waals surface area contributed by atoms with E-state index in [0.29, 0.717) is 17.2 Å². The molecule has 1 N–H and O–H groups in total. The number of rotatable bonds is 9. The minimum absolute atomic E-state index is 0.0163. The van der Waals surface area contributed by atoms with Gasteiger partial charge in [0.1, 0.15) is 70.4 Å². The Morgan fingerprint density at radius 2 is 0.765 bits per heavy atom. The third-order valence-corrected chi connectivity index (χ3v) is 9.98. The normalized spacial score (nSPS) is 11.4. The number of aromatic hydroxyl groups is 1. The SMILES string of the molecule is Fc1c(F)c(F)c([B-](c2c(F)c(F)c(F)c(F)c2F)(c2c(F)c(F)c(F)c(F)c2F)c2c(F)c(F)c(F)c(F)c2F)c(F)c1F.O=C(C[n+]1ccncc1Oc1ccc(O)cc1)c1ccccc1. The van der Waals surface area contributed by atoms with E-state index in [2.05, 4.69) is 4.98 Å². The van der Waals surface area contributed by atoms with E-state index in [1.807, 2.05) is 18.2 Å². The molecule has 0 saturated heterocycles. The van der Waals surface area contributed by atoms with E-state index < -0.39 is 144 Å². The molecule has 1 aromatic heterocycles. The number of hydrogen-bond acceptors (Lipinski definition) is 4. The minimum atomic E-state index is -7.22. The molecule has 1 heterocycles. The van der Waals surface area contributed by atoms with Crippen LogP contribution in [-0.2, 0) is 6.54 Å². The van der Waals surface area contributed by atoms with Crippen LogP contribution in [0.5, 0.6) is 17.4 Å². The van der Waals surface area contributed by atoms with Crippen molar-refractivity contribution in [3.05, 3.63) is 195 Å². The van der Waals surface area contributed by atoms with E-state index in [0.717, 1.165) is 0 Å². The number of carbonyl (C=O) groups is 1. The van der Waals surface area contributed by atoms with Gasteiger partial charge >= 0.3 is 5.88 Å². The second-order valence-corrected chi connectivity index (χ2v) is 13.7. The zero-order chi connectivity index (χ0) is 50.4. The monoisotopic (exact) mass is 986 g/mol. The first-order valence-electron chi connectivity index (χ1n) is 18.0. The average molecular weight is 986 g/mol. The number of phenolic OH excluding ortho intramolecular Hbond substituents is 1. The first-order chi connectivity index (χ1) is 31.9. The molecular formula is C42H15BF20N2O3. The van der Waals surface area contributed by atoms with Gasteiger partial charge in [0.25, 0.3) is 0 Å². The van der Waals surface area contributed by atoms with Crippen LogP contribution in [0.4, 0.5) is 87.8 Å². The van der Waals surface area contributed by atoms with Gasteiger partial charge in [-0.15, -0.1) is 21.9 Å². The van der Waals surface area contributed by atoms with Crippen molar-refractivity contribution < 1.29 is 107 Å². The Balaban J connectivity index is 0.000000276. The maximum Gasteiger partial charge on any atom is 0.392 e. The largest absolute Gasteiger partial charge is 0.508 e. The first kappa shape index (κ1) is 49.8. The molecule has 68 heavy (non-hydrogen) atoms. The molecule has 0 fully saturated rings. The zero-order valence-electron chi connectivity index (χ0n) is 32.4. The number of nitrogens with zero attached hydrogens (tertiary/aromatic N) is 2. The highest BCUT2D eigenvalue weighted by atomic mass is 19.2. The molecule has 5 nitrogen and oxygen atoms in total. The summed E-state index contributed by atoms with van der Waals surface area (Å²) in [7, 11) is 0. The predicted molar refractivity (Wildman–Crippen MR) is 193 cm³/mol. The van der Waals surface area contributed by atoms with Gasteiger partial charge in [0.15, 0.2) is 76.0 Å². The molecule has 7 aromatic rings. The van der Waals surface area contributed by atoms with Crippen LogP contribution in [0, 0.1) is 116 Å². The van der Waals surface area contributed by atoms with Gasteiger partial charge in [-0.05, 0) is 24.3 Å². The van der Waals surface area contributed by atoms with Crippen molar-refractivity contribution in [1.82, 2.24) is 4.98 Å². The van der Waals surface area contributed by atoms with Gasteiger partial charge in [-0.1, -0.05) is 30.3 Å². The molecule has 0 aliphatic heterocycles. The molecule has 0 atom stereocenters. The van der Waals surface area contributed by atoms with E-state index >= 15 is 35.1 Å². The second kappa shape index (κ2) is 18.9. The van der Waals surface area contributed by atoms with Crippen molar-refractivity contribution in [1.29, 1.82) is 0 Å². The molecule has 0 saturated carbocycles. The fourth-order valence-electron chi connectivity index (χ4n) is 6.97. The molecule has 0 aliphatic carbocycles. The number of phenols is 1. The highest BCUT2D eigenvalue weighted by molar-refractivity contribution is 7.20. The number of halogens is 20. The van der Waals surface area contributed by atoms with Gasteiger partial charge in [-0.25, -0.2) is 92.8 Å². The molecular weight excluding hydrogens is 971 g/mol. The number of benzene rings is 6. The number of ketones is 1. The number of Topliss-reactive ketones (excluding diaryl/α,β-unsaturated/α-hetero) is 1. The summed E-state index contributed by atoms with van der Waals surface area (Å²) in [6.45, 7) is 0.153. The summed E-state index contributed by atoms with van der Waals surface area (Å²) < 4.78 is 301. The van der Waals surface area contributed by atoms with Crippen molar-refractivity contribution in [3.63, 3.8) is 0 Å². The second-order valence-electron chi connectivity index (χ2n) is 13.7. The summed E-state index contributed by atoms with van der Waals surface area (Å²) in [6.07, 6.45) is -2.38. The van der Waals surface area contributed by atoms with E-state index in [1.165, 1.54) is 12.1 Å². The number of aromatic nitrogens is 2. The highest BCUT2D eigenvalue weighted by Gasteiger charge is 2.52. The number of carbonyl (C=O) groups excluding carboxylic acids is 1. The van der Waals surface area contributed by atoms with Gasteiger partial charge in [-0.2, -0.15) is 4.57 Å². The van der Waals surface area contributed by atoms with Gasteiger partial charge in [0, 0.05) is 5.56 Å². The van der Waals surface area contributed by atoms with Crippen molar-refractivity contribution in [2.45, 2.75) is 6.54 Å². The van der Waals surface area contributed by atoms with Crippen LogP contribution in [0.25, 0.3) is 0 Å². The molecule has 7 rings (SSSR count). The Kier molecular flexibility index (Phi) is 13.8. The van der Waals surface area contributed by atoms with Crippen LogP contribution in [0.15, 0.2) is 73.2 Å². The quantitative estimate of drug-likeness (QED) is 0.0394. The summed E-state index contributed by atoms with van der Waals surface area (Å²) >= 11 is 0. The van der Waals surface area contributed by atoms with E-state index in [4.69, 9.17) is 4.74 Å². The van der Waals surface area contributed by atoms with E-state index in [-0.39, 0.29) is 18.1 Å². The number of ether oxygens (including phenoxy) is 1. The fraction of sp³-hybridized carbons (Fsp3) is 0.0238. The Morgan fingerprint density at radius 1 is 0.456 bits per heavy atom. The van der Waals surface area contributed by atoms with Gasteiger partial charge in [0.2, 0.25) is 12.3 Å². The van der Waals surface area contributed by atoms with Gasteiger partial charge in [0.05, 0.1) is 6.20 Å². The zero-order valence-corrected chi connectivity index (χ0v) is 32.4. The molecule has 6 aromatic carbocycles. The van der Waals surface area contributed by atoms with Crippen molar-refractivity contribution in [2.24, 2.45) is 0 Å². The van der Waals surface area contributed by atoms with E-state index in [1.54, 1.807) is 47.4 Å². The maximum absolute atomic E-state index is 15.4. The van der Waals surface area contributed by atoms with Crippen molar-refractivity contribution >= 4 is 33.8 Å². The summed E-state index contributed by atoms with van der Waals surface area (Å²) in [5, 5.41) is 9.30. The van der Waals surface area contributed by atoms with Crippen molar-refractivity contribution in [2.75, 3.05) is 0 Å². The maximum atomic E-state index is 15.4. The lowest BCUT2D eigenvalue weighted by Gasteiger charge is -2.44. The molecule has 26 heteroatoms. The highest BCUT2D eigenvalue weighted by Crippen LogP contribution is 2.31. The van der Waals surface area contributed by atoms with Crippen LogP contribution >= 0.6 is 0 Å². The van der Waals surface area contributed by atoms with Crippen LogP contribution < -0.4 is 31.2 Å². The van der Waals surface area contributed by atoms with E-state index in [9.17, 15) is 62.6 Å². The predicted octanol–water partition coefficient (Wildman–Crippen LogP) is 8.60. The first-order valence-corrected chi connectivity index (χ1v) is 18.0. The molecule has 0 amide bonds. The Hall–Kier alpha value is -7.67. The van der Waals surface area contributed by atoms with Gasteiger partial charge < -0.3 is 9.84 Å². The summed E-state index contributed by atoms with van der Waals surface area (Å²) in [5.74, 6) is -70.3. The lowest BCUT2D eigenvalue weighted by molar-refractivity contribution is -0.687. The minimum Gasteiger partial charge on any atom is -0.508 e. The standard InChI is InChI=1S/C24BF20.C18H14N2O3/c26-5-1(6(27)14(35)21(42)13(5)34)25(2-7(28)15(36)22(43)16(37)8(2)29,3-9(30)17(38)23(44)18(39)10(3)31)4-11(32)19(40)24(45)20(41)12(4)33;21-15-6-8-16(9-7-15)23-18-12-19-10-11-20(18)13-17(22)14-4-2-1-3-5-14/h;1-12H,13H2/q-1;/p+1.